The van der Waals surface area contributed by atoms with Crippen LogP contribution in [0, 0.1) is 5.92 Å². The first-order chi connectivity index (χ1) is 3.13. The third-order valence-electron chi connectivity index (χ3n) is 0.575. The second-order valence-corrected chi connectivity index (χ2v) is 1.97. The summed E-state index contributed by atoms with van der Waals surface area (Å²) in [6.07, 6.45) is 0.167. The van der Waals surface area contributed by atoms with Gasteiger partial charge in [0.25, 0.3) is 0 Å². The minimum Gasteiger partial charge on any atom is -0.550 e. The second-order valence-electron chi connectivity index (χ2n) is 1.97. The first-order valence-electron chi connectivity index (χ1n) is 2.32. The molecule has 0 unspecified atom stereocenters. The third kappa shape index (κ3) is 9.51. The summed E-state index contributed by atoms with van der Waals surface area (Å²) in [7, 11) is 0. The summed E-state index contributed by atoms with van der Waals surface area (Å²) < 4.78 is 0. The first kappa shape index (κ1) is 11.1. The number of hydrogen-bond acceptors (Lipinski definition) is 2. The largest absolute Gasteiger partial charge is 1.00 e. The maximum atomic E-state index is 9.70. The van der Waals surface area contributed by atoms with Gasteiger partial charge in [0.15, 0.2) is 0 Å². The standard InChI is InChI=1S/C5H10O2.Ag/c1-4(2)3-5(6)7;/h4H,3H2,1-2H3,(H,6,7);/q;+1/p-1. The number of carboxylic acids is 1. The van der Waals surface area contributed by atoms with E-state index in [2.05, 4.69) is 0 Å². The van der Waals surface area contributed by atoms with Gasteiger partial charge in [-0.05, 0) is 12.3 Å². The molecule has 8 heavy (non-hydrogen) atoms. The smallest absolute Gasteiger partial charge is 0.550 e. The van der Waals surface area contributed by atoms with Gasteiger partial charge in [-0.15, -0.1) is 0 Å². The molecule has 0 atom stereocenters. The molecule has 0 aliphatic carbocycles. The van der Waals surface area contributed by atoms with Gasteiger partial charge in [0, 0.05) is 5.97 Å². The van der Waals surface area contributed by atoms with E-state index >= 15 is 0 Å². The van der Waals surface area contributed by atoms with E-state index < -0.39 is 5.97 Å². The fourth-order valence-corrected chi connectivity index (χ4v) is 0.333. The Balaban J connectivity index is 0. The molecule has 0 N–H and O–H groups in total. The van der Waals surface area contributed by atoms with Gasteiger partial charge in [0.1, 0.15) is 0 Å². The molecule has 2 nitrogen and oxygen atoms in total. The van der Waals surface area contributed by atoms with Gasteiger partial charge in [-0.2, -0.15) is 0 Å². The normalized spacial score (nSPS) is 8.38. The van der Waals surface area contributed by atoms with E-state index in [4.69, 9.17) is 0 Å². The van der Waals surface area contributed by atoms with E-state index in [1.807, 2.05) is 13.8 Å². The van der Waals surface area contributed by atoms with Crippen molar-refractivity contribution in [2.24, 2.45) is 5.92 Å². The Labute approximate surface area is 64.8 Å². The molecule has 0 aliphatic rings. The third-order valence-corrected chi connectivity index (χ3v) is 0.575. The van der Waals surface area contributed by atoms with Gasteiger partial charge in [0.05, 0.1) is 0 Å². The molecule has 0 saturated carbocycles. The Hall–Kier alpha value is 0.210. The second kappa shape index (κ2) is 5.35. The summed E-state index contributed by atoms with van der Waals surface area (Å²) in [5.74, 6) is -0.750. The molecule has 0 amide bonds. The summed E-state index contributed by atoms with van der Waals surface area (Å²) in [5.41, 5.74) is 0. The van der Waals surface area contributed by atoms with E-state index in [1.54, 1.807) is 0 Å². The van der Waals surface area contributed by atoms with Crippen molar-refractivity contribution in [3.05, 3.63) is 0 Å². The SMILES string of the molecule is CC(C)CC(=O)[O-].[Ag+]. The van der Waals surface area contributed by atoms with Crippen molar-refractivity contribution >= 4 is 5.97 Å². The molecule has 0 aromatic carbocycles. The number of aliphatic carboxylic acids is 1. The number of carbonyl (C=O) groups excluding carboxylic acids is 1. The number of rotatable bonds is 2. The van der Waals surface area contributed by atoms with Crippen LogP contribution in [-0.4, -0.2) is 5.97 Å². The maximum absolute atomic E-state index is 9.70. The van der Waals surface area contributed by atoms with E-state index in [9.17, 15) is 9.90 Å². The van der Waals surface area contributed by atoms with Gasteiger partial charge < -0.3 is 9.90 Å². The Morgan fingerprint density at radius 2 is 2.00 bits per heavy atom. The molecule has 0 rings (SSSR count). The Morgan fingerprint density at radius 3 is 2.00 bits per heavy atom. The van der Waals surface area contributed by atoms with Crippen LogP contribution in [0.25, 0.3) is 0 Å². The average Bonchev–Trinajstić information content (AvgIpc) is 1.27. The Bertz CT molecular complexity index is 70.8. The van der Waals surface area contributed by atoms with E-state index in [0.717, 1.165) is 0 Å². The molecule has 3 heteroatoms. The molecule has 0 bridgehead atoms. The van der Waals surface area contributed by atoms with Crippen molar-refractivity contribution in [3.63, 3.8) is 0 Å². The van der Waals surface area contributed by atoms with Gasteiger partial charge >= 0.3 is 22.4 Å². The molecule has 52 valence electrons. The van der Waals surface area contributed by atoms with Crippen molar-refractivity contribution in [2.45, 2.75) is 20.3 Å². The minimum atomic E-state index is -0.963. The summed E-state index contributed by atoms with van der Waals surface area (Å²) in [5, 5.41) is 9.70. The fraction of sp³-hybridized carbons (Fsp3) is 0.800. The van der Waals surface area contributed by atoms with Gasteiger partial charge in [0.2, 0.25) is 0 Å². The predicted molar refractivity (Wildman–Crippen MR) is 24.5 cm³/mol. The first-order valence-corrected chi connectivity index (χ1v) is 2.32. The zero-order valence-corrected chi connectivity index (χ0v) is 6.38. The molecular weight excluding hydrogens is 200 g/mol. The quantitative estimate of drug-likeness (QED) is 0.590. The van der Waals surface area contributed by atoms with E-state index in [0.29, 0.717) is 0 Å². The van der Waals surface area contributed by atoms with Crippen LogP contribution in [0.3, 0.4) is 0 Å². The fourth-order valence-electron chi connectivity index (χ4n) is 0.333. The van der Waals surface area contributed by atoms with Crippen molar-refractivity contribution in [1.82, 2.24) is 0 Å². The van der Waals surface area contributed by atoms with Crippen LogP contribution < -0.4 is 5.11 Å². The molecule has 0 aliphatic heterocycles. The Morgan fingerprint density at radius 1 is 1.62 bits per heavy atom. The zero-order valence-electron chi connectivity index (χ0n) is 4.90. The monoisotopic (exact) mass is 208 g/mol. The number of hydrogen-bond donors (Lipinski definition) is 0. The van der Waals surface area contributed by atoms with Crippen LogP contribution in [-0.2, 0) is 27.2 Å². The average molecular weight is 209 g/mol. The van der Waals surface area contributed by atoms with Crippen molar-refractivity contribution in [2.75, 3.05) is 0 Å². The zero-order chi connectivity index (χ0) is 5.86. The predicted octanol–water partition coefficient (Wildman–Crippen LogP) is -0.220. The number of carboxylic acid groups (broad SMARTS) is 1. The molecule has 0 heterocycles. The topological polar surface area (TPSA) is 40.1 Å². The van der Waals surface area contributed by atoms with Crippen molar-refractivity contribution in [3.8, 4) is 0 Å². The van der Waals surface area contributed by atoms with Crippen LogP contribution in [0.2, 0.25) is 0 Å². The summed E-state index contributed by atoms with van der Waals surface area (Å²) in [6, 6.07) is 0. The Kier molecular flexibility index (Phi) is 7.40. The summed E-state index contributed by atoms with van der Waals surface area (Å²) in [4.78, 5) is 9.70. The van der Waals surface area contributed by atoms with Gasteiger partial charge in [-0.25, -0.2) is 0 Å². The van der Waals surface area contributed by atoms with Crippen LogP contribution in [0.4, 0.5) is 0 Å². The van der Waals surface area contributed by atoms with E-state index in [1.165, 1.54) is 0 Å². The molecule has 0 spiro atoms. The van der Waals surface area contributed by atoms with Gasteiger partial charge in [-0.1, -0.05) is 13.8 Å². The van der Waals surface area contributed by atoms with Crippen molar-refractivity contribution < 1.29 is 32.3 Å². The van der Waals surface area contributed by atoms with E-state index in [-0.39, 0.29) is 34.7 Å². The molecular formula is C5H9AgO2. The van der Waals surface area contributed by atoms with Gasteiger partial charge in [-0.3, -0.25) is 0 Å². The van der Waals surface area contributed by atoms with Crippen LogP contribution in [0.1, 0.15) is 20.3 Å². The minimum absolute atomic E-state index is 0. The summed E-state index contributed by atoms with van der Waals surface area (Å²) in [6.45, 7) is 3.69. The van der Waals surface area contributed by atoms with Crippen LogP contribution in [0.15, 0.2) is 0 Å². The molecule has 0 saturated heterocycles. The van der Waals surface area contributed by atoms with Crippen LogP contribution in [0.5, 0.6) is 0 Å². The van der Waals surface area contributed by atoms with Crippen LogP contribution >= 0.6 is 0 Å². The molecule has 0 aromatic rings. The molecule has 0 aromatic heterocycles. The molecule has 0 fully saturated rings. The maximum Gasteiger partial charge on any atom is 1.00 e. The van der Waals surface area contributed by atoms with Crippen molar-refractivity contribution in [1.29, 1.82) is 0 Å². The molecule has 0 radical (unpaired) electrons. The summed E-state index contributed by atoms with van der Waals surface area (Å²) >= 11 is 0. The number of carbonyl (C=O) groups is 1.